The number of unbranched alkanes of at least 4 members (excludes halogenated alkanes) is 3. The Labute approximate surface area is 233 Å². The number of allylic oxidation sites excluding steroid dienone is 1. The third-order valence-electron chi connectivity index (χ3n) is 9.04. The number of aliphatic hydroxyl groups is 1. The highest BCUT2D eigenvalue weighted by Crippen LogP contribution is 2.72. The molecule has 3 aliphatic rings. The SMILES string of the molecule is C=CCCCCOC(=O)[C@@H]1[C@H]2C(=O)N([C@@H](CO)[C@@H](C)CC)C(C(=O)N(CC=C)CCCC)C23CC[C@@]1(C)S3. The molecule has 0 aromatic rings. The Balaban J connectivity index is 2.02. The number of hydrogen-bond acceptors (Lipinski definition) is 6. The maximum Gasteiger partial charge on any atom is 0.311 e. The van der Waals surface area contributed by atoms with Crippen LogP contribution in [0.2, 0.25) is 0 Å². The van der Waals surface area contributed by atoms with E-state index in [1.54, 1.807) is 22.7 Å². The summed E-state index contributed by atoms with van der Waals surface area (Å²) in [5, 5.41) is 10.5. The zero-order chi connectivity index (χ0) is 28.1. The molecule has 3 saturated heterocycles. The summed E-state index contributed by atoms with van der Waals surface area (Å²) < 4.78 is 4.59. The first-order chi connectivity index (χ1) is 18.2. The van der Waals surface area contributed by atoms with Crippen LogP contribution in [0.4, 0.5) is 0 Å². The Morgan fingerprint density at radius 1 is 1.24 bits per heavy atom. The summed E-state index contributed by atoms with van der Waals surface area (Å²) in [7, 11) is 0. The van der Waals surface area contributed by atoms with Crippen molar-refractivity contribution in [2.45, 2.75) is 101 Å². The molecule has 2 bridgehead atoms. The molecule has 0 aromatic heterocycles. The van der Waals surface area contributed by atoms with Gasteiger partial charge in [0, 0.05) is 17.8 Å². The Morgan fingerprint density at radius 2 is 1.97 bits per heavy atom. The first-order valence-electron chi connectivity index (χ1n) is 14.5. The second-order valence-electron chi connectivity index (χ2n) is 11.5. The van der Waals surface area contributed by atoms with Crippen LogP contribution in [0, 0.1) is 17.8 Å². The van der Waals surface area contributed by atoms with Crippen LogP contribution in [-0.4, -0.2) is 80.6 Å². The monoisotopic (exact) mass is 548 g/mol. The second-order valence-corrected chi connectivity index (χ2v) is 13.4. The second kappa shape index (κ2) is 13.0. The fraction of sp³-hybridized carbons (Fsp3) is 0.767. The third kappa shape index (κ3) is 5.45. The number of aliphatic hydroxyl groups excluding tert-OH is 1. The lowest BCUT2D eigenvalue weighted by Gasteiger charge is -2.41. The van der Waals surface area contributed by atoms with Crippen molar-refractivity contribution < 1.29 is 24.2 Å². The standard InChI is InChI=1S/C30H48N2O5S/c1-7-11-13-14-19-37-28(36)24-23-26(34)32(22(20-33)21(5)10-4)25(30(23)16-15-29(24,6)38-30)27(35)31(17-9-3)18-12-8-2/h7,9,21-25,33H,1,3,8,10-20H2,2,4-6H3/t21-,22-,23-,24-,25?,29+,30?/m0/s1. The van der Waals surface area contributed by atoms with Crippen molar-refractivity contribution in [2.75, 3.05) is 26.3 Å². The number of esters is 1. The van der Waals surface area contributed by atoms with Gasteiger partial charge in [-0.1, -0.05) is 45.8 Å². The van der Waals surface area contributed by atoms with Crippen molar-refractivity contribution in [2.24, 2.45) is 17.8 Å². The Hall–Kier alpha value is -1.80. The zero-order valence-electron chi connectivity index (χ0n) is 23.8. The van der Waals surface area contributed by atoms with Crippen molar-refractivity contribution in [3.63, 3.8) is 0 Å². The molecule has 0 radical (unpaired) electrons. The average molecular weight is 549 g/mol. The number of amides is 2. The number of ether oxygens (including phenoxy) is 1. The van der Waals surface area contributed by atoms with Gasteiger partial charge in [0.25, 0.3) is 0 Å². The van der Waals surface area contributed by atoms with Gasteiger partial charge in [-0.3, -0.25) is 14.4 Å². The van der Waals surface area contributed by atoms with E-state index in [0.717, 1.165) is 44.9 Å². The Morgan fingerprint density at radius 3 is 2.58 bits per heavy atom. The summed E-state index contributed by atoms with van der Waals surface area (Å²) in [6, 6.07) is -1.21. The smallest absolute Gasteiger partial charge is 0.311 e. The van der Waals surface area contributed by atoms with Crippen LogP contribution >= 0.6 is 11.8 Å². The fourth-order valence-electron chi connectivity index (χ4n) is 6.79. The van der Waals surface area contributed by atoms with Gasteiger partial charge in [-0.2, -0.15) is 0 Å². The summed E-state index contributed by atoms with van der Waals surface area (Å²) in [5.74, 6) is -1.83. The van der Waals surface area contributed by atoms with Gasteiger partial charge in [0.1, 0.15) is 6.04 Å². The maximum absolute atomic E-state index is 14.4. The highest BCUT2D eigenvalue weighted by atomic mass is 32.2. The van der Waals surface area contributed by atoms with Gasteiger partial charge in [0.05, 0.1) is 35.8 Å². The lowest BCUT2D eigenvalue weighted by Crippen LogP contribution is -2.58. The van der Waals surface area contributed by atoms with E-state index >= 15 is 0 Å². The molecule has 3 rings (SSSR count). The molecule has 1 spiro atoms. The van der Waals surface area contributed by atoms with Crippen molar-refractivity contribution >= 4 is 29.5 Å². The van der Waals surface area contributed by atoms with Gasteiger partial charge < -0.3 is 19.6 Å². The summed E-state index contributed by atoms with van der Waals surface area (Å²) in [5.41, 5.74) is 0. The van der Waals surface area contributed by atoms with Gasteiger partial charge in [-0.05, 0) is 51.4 Å². The third-order valence-corrected chi connectivity index (χ3v) is 11.0. The van der Waals surface area contributed by atoms with E-state index < -0.39 is 33.4 Å². The molecule has 0 saturated carbocycles. The normalized spacial score (nSPS) is 31.1. The van der Waals surface area contributed by atoms with Gasteiger partial charge in [0.15, 0.2) is 0 Å². The van der Waals surface area contributed by atoms with Crippen LogP contribution in [0.5, 0.6) is 0 Å². The predicted molar refractivity (Wildman–Crippen MR) is 153 cm³/mol. The molecule has 2 unspecified atom stereocenters. The summed E-state index contributed by atoms with van der Waals surface area (Å²) in [6.07, 6.45) is 10.1. The average Bonchev–Trinajstić information content (AvgIpc) is 3.47. The number of carbonyl (C=O) groups is 3. The molecule has 7 atom stereocenters. The van der Waals surface area contributed by atoms with Crippen LogP contribution in [0.3, 0.4) is 0 Å². The lowest BCUT2D eigenvalue weighted by atomic mass is 9.66. The van der Waals surface area contributed by atoms with Crippen molar-refractivity contribution in [1.82, 2.24) is 9.80 Å². The molecule has 38 heavy (non-hydrogen) atoms. The number of likely N-dealkylation sites (tertiary alicyclic amines) is 1. The number of nitrogens with zero attached hydrogens (tertiary/aromatic N) is 2. The van der Waals surface area contributed by atoms with Gasteiger partial charge in [-0.15, -0.1) is 24.9 Å². The van der Waals surface area contributed by atoms with Crippen molar-refractivity contribution in [1.29, 1.82) is 0 Å². The molecular weight excluding hydrogens is 500 g/mol. The minimum atomic E-state index is -0.722. The molecule has 3 heterocycles. The first-order valence-corrected chi connectivity index (χ1v) is 15.3. The van der Waals surface area contributed by atoms with E-state index in [9.17, 15) is 19.5 Å². The molecule has 2 amide bonds. The molecule has 3 aliphatic heterocycles. The van der Waals surface area contributed by atoms with Gasteiger partial charge in [-0.25, -0.2) is 0 Å². The number of thioether (sulfide) groups is 1. The number of rotatable bonds is 16. The van der Waals surface area contributed by atoms with E-state index in [0.29, 0.717) is 26.1 Å². The van der Waals surface area contributed by atoms with Crippen molar-refractivity contribution in [3.05, 3.63) is 25.3 Å². The molecule has 0 aliphatic carbocycles. The highest BCUT2D eigenvalue weighted by molar-refractivity contribution is 8.02. The number of hydrogen-bond donors (Lipinski definition) is 1. The largest absolute Gasteiger partial charge is 0.465 e. The number of carbonyl (C=O) groups excluding carboxylic acids is 3. The van der Waals surface area contributed by atoms with E-state index in [1.165, 1.54) is 0 Å². The van der Waals surface area contributed by atoms with Crippen LogP contribution in [0.25, 0.3) is 0 Å². The van der Waals surface area contributed by atoms with E-state index in [2.05, 4.69) is 27.0 Å². The first kappa shape index (κ1) is 30.7. The topological polar surface area (TPSA) is 87.1 Å². The quantitative estimate of drug-likeness (QED) is 0.173. The van der Waals surface area contributed by atoms with Gasteiger partial charge in [0.2, 0.25) is 11.8 Å². The molecule has 3 fully saturated rings. The summed E-state index contributed by atoms with van der Waals surface area (Å²) in [4.78, 5) is 45.8. The maximum atomic E-state index is 14.4. The van der Waals surface area contributed by atoms with E-state index in [-0.39, 0.29) is 30.3 Å². The minimum absolute atomic E-state index is 0.00558. The molecule has 1 N–H and O–H groups in total. The molecule has 7 nitrogen and oxygen atoms in total. The summed E-state index contributed by atoms with van der Waals surface area (Å²) >= 11 is 1.65. The highest BCUT2D eigenvalue weighted by Gasteiger charge is 2.78. The minimum Gasteiger partial charge on any atom is -0.465 e. The Kier molecular flexibility index (Phi) is 10.5. The fourth-order valence-corrected chi connectivity index (χ4v) is 9.12. The predicted octanol–water partition coefficient (Wildman–Crippen LogP) is 4.59. The molecule has 0 aromatic carbocycles. The zero-order valence-corrected chi connectivity index (χ0v) is 24.6. The van der Waals surface area contributed by atoms with Crippen LogP contribution in [0.15, 0.2) is 25.3 Å². The summed E-state index contributed by atoms with van der Waals surface area (Å²) in [6.45, 7) is 16.9. The van der Waals surface area contributed by atoms with E-state index in [4.69, 9.17) is 4.74 Å². The molecular formula is C30H48N2O5S. The number of fused-ring (bicyclic) bond motifs is 1. The molecule has 8 heteroatoms. The van der Waals surface area contributed by atoms with Crippen LogP contribution in [-0.2, 0) is 19.1 Å². The van der Waals surface area contributed by atoms with Crippen LogP contribution in [0.1, 0.15) is 79.1 Å². The van der Waals surface area contributed by atoms with Crippen LogP contribution < -0.4 is 0 Å². The van der Waals surface area contributed by atoms with E-state index in [1.807, 2.05) is 24.8 Å². The Bertz CT molecular complexity index is 896. The van der Waals surface area contributed by atoms with Crippen molar-refractivity contribution in [3.8, 4) is 0 Å². The molecule has 214 valence electrons. The lowest BCUT2D eigenvalue weighted by molar-refractivity contribution is -0.156. The van der Waals surface area contributed by atoms with Gasteiger partial charge >= 0.3 is 5.97 Å².